The smallest absolute Gasteiger partial charge is 0.264 e. The van der Waals surface area contributed by atoms with Crippen LogP contribution in [0, 0.1) is 0 Å². The highest BCUT2D eigenvalue weighted by atomic mass is 32.2. The Balaban J connectivity index is 1.94. The fourth-order valence-corrected chi connectivity index (χ4v) is 3.26. The van der Waals surface area contributed by atoms with Crippen LogP contribution in [0.2, 0.25) is 0 Å². The maximum absolute atomic E-state index is 10.6. The summed E-state index contributed by atoms with van der Waals surface area (Å²) in [5, 5.41) is 0. The summed E-state index contributed by atoms with van der Waals surface area (Å²) in [6, 6.07) is 8.06. The Bertz CT molecular complexity index is 473. The topological polar surface area (TPSA) is 57.6 Å². The molecule has 1 aliphatic heterocycles. The SMILES string of the molecule is O=S(=O)(O)CCCN1CSc2ccccc21. The van der Waals surface area contributed by atoms with Gasteiger partial charge in [0.05, 0.1) is 17.3 Å². The summed E-state index contributed by atoms with van der Waals surface area (Å²) in [4.78, 5) is 3.36. The first-order valence-electron chi connectivity index (χ1n) is 4.98. The predicted molar refractivity (Wildman–Crippen MR) is 65.5 cm³/mol. The lowest BCUT2D eigenvalue weighted by Crippen LogP contribution is -2.22. The van der Waals surface area contributed by atoms with Gasteiger partial charge in [-0.25, -0.2) is 0 Å². The van der Waals surface area contributed by atoms with E-state index in [1.165, 1.54) is 4.90 Å². The highest BCUT2D eigenvalue weighted by molar-refractivity contribution is 7.99. The van der Waals surface area contributed by atoms with Crippen LogP contribution in [0.25, 0.3) is 0 Å². The molecule has 1 N–H and O–H groups in total. The molecule has 2 rings (SSSR count). The summed E-state index contributed by atoms with van der Waals surface area (Å²) in [6.07, 6.45) is 0.452. The largest absolute Gasteiger partial charge is 0.361 e. The van der Waals surface area contributed by atoms with Gasteiger partial charge in [-0.2, -0.15) is 8.42 Å². The predicted octanol–water partition coefficient (Wildman–Crippen LogP) is 1.83. The minimum absolute atomic E-state index is 0.170. The second-order valence-electron chi connectivity index (χ2n) is 3.64. The first kappa shape index (κ1) is 11.8. The molecule has 0 unspecified atom stereocenters. The Morgan fingerprint density at radius 3 is 2.88 bits per heavy atom. The van der Waals surface area contributed by atoms with Crippen molar-refractivity contribution in [3.8, 4) is 0 Å². The molecule has 0 spiro atoms. The lowest BCUT2D eigenvalue weighted by molar-refractivity contribution is 0.481. The number of hydrogen-bond donors (Lipinski definition) is 1. The highest BCUT2D eigenvalue weighted by Gasteiger charge is 2.18. The minimum Gasteiger partial charge on any atom is -0.361 e. The van der Waals surface area contributed by atoms with Crippen molar-refractivity contribution in [2.45, 2.75) is 11.3 Å². The van der Waals surface area contributed by atoms with Crippen LogP contribution in [-0.4, -0.2) is 31.1 Å². The van der Waals surface area contributed by atoms with Gasteiger partial charge >= 0.3 is 0 Å². The van der Waals surface area contributed by atoms with Crippen LogP contribution in [0.5, 0.6) is 0 Å². The molecule has 88 valence electrons. The fraction of sp³-hybridized carbons (Fsp3) is 0.400. The Morgan fingerprint density at radius 1 is 1.38 bits per heavy atom. The Hall–Kier alpha value is -0.720. The number of hydrogen-bond acceptors (Lipinski definition) is 4. The van der Waals surface area contributed by atoms with Gasteiger partial charge in [-0.3, -0.25) is 4.55 Å². The van der Waals surface area contributed by atoms with Crippen molar-refractivity contribution in [1.82, 2.24) is 0 Å². The summed E-state index contributed by atoms with van der Waals surface area (Å²) in [5.74, 6) is 0.682. The molecule has 0 aliphatic carbocycles. The normalized spacial score (nSPS) is 15.2. The third-order valence-corrected chi connectivity index (χ3v) is 4.31. The number of fused-ring (bicyclic) bond motifs is 1. The molecule has 0 bridgehead atoms. The van der Waals surface area contributed by atoms with Crippen LogP contribution in [0.15, 0.2) is 29.2 Å². The molecular weight excluding hydrogens is 246 g/mol. The van der Waals surface area contributed by atoms with E-state index < -0.39 is 10.1 Å². The molecule has 0 saturated heterocycles. The number of anilines is 1. The van der Waals surface area contributed by atoms with Crippen LogP contribution in [0.1, 0.15) is 6.42 Å². The lowest BCUT2D eigenvalue weighted by atomic mass is 10.3. The third kappa shape index (κ3) is 2.90. The zero-order valence-corrected chi connectivity index (χ0v) is 10.3. The van der Waals surface area contributed by atoms with Crippen molar-refractivity contribution in [3.05, 3.63) is 24.3 Å². The average Bonchev–Trinajstić information content (AvgIpc) is 2.60. The Labute approximate surface area is 99.4 Å². The second-order valence-corrected chi connectivity index (χ2v) is 6.20. The van der Waals surface area contributed by atoms with Crippen LogP contribution in [0.3, 0.4) is 0 Å². The summed E-state index contributed by atoms with van der Waals surface area (Å²) in [5.41, 5.74) is 1.16. The Morgan fingerprint density at radius 2 is 2.12 bits per heavy atom. The molecule has 0 aromatic heterocycles. The number of benzene rings is 1. The number of nitrogens with zero attached hydrogens (tertiary/aromatic N) is 1. The highest BCUT2D eigenvalue weighted by Crippen LogP contribution is 2.37. The van der Waals surface area contributed by atoms with Crippen molar-refractivity contribution < 1.29 is 13.0 Å². The zero-order valence-electron chi connectivity index (χ0n) is 8.67. The molecule has 1 aliphatic rings. The zero-order chi connectivity index (χ0) is 11.6. The summed E-state index contributed by atoms with van der Waals surface area (Å²) in [6.45, 7) is 0.657. The maximum atomic E-state index is 10.6. The average molecular weight is 259 g/mol. The van der Waals surface area contributed by atoms with Gasteiger partial charge in [0.1, 0.15) is 0 Å². The lowest BCUT2D eigenvalue weighted by Gasteiger charge is -2.17. The van der Waals surface area contributed by atoms with Gasteiger partial charge in [-0.05, 0) is 18.6 Å². The van der Waals surface area contributed by atoms with Crippen molar-refractivity contribution in [1.29, 1.82) is 0 Å². The van der Waals surface area contributed by atoms with E-state index in [0.29, 0.717) is 13.0 Å². The van der Waals surface area contributed by atoms with Gasteiger partial charge in [0, 0.05) is 11.4 Å². The van der Waals surface area contributed by atoms with Crippen molar-refractivity contribution in [2.24, 2.45) is 0 Å². The van der Waals surface area contributed by atoms with Gasteiger partial charge in [-0.15, -0.1) is 11.8 Å². The molecule has 0 radical (unpaired) electrons. The first-order chi connectivity index (χ1) is 7.56. The van der Waals surface area contributed by atoms with E-state index in [1.807, 2.05) is 18.2 Å². The number of thioether (sulfide) groups is 1. The Kier molecular flexibility index (Phi) is 3.41. The molecule has 1 heterocycles. The van der Waals surface area contributed by atoms with Gasteiger partial charge in [0.2, 0.25) is 0 Å². The minimum atomic E-state index is -3.83. The molecule has 6 heteroatoms. The van der Waals surface area contributed by atoms with Crippen molar-refractivity contribution >= 4 is 27.6 Å². The summed E-state index contributed by atoms with van der Waals surface area (Å²) < 4.78 is 29.8. The fourth-order valence-electron chi connectivity index (χ4n) is 1.68. The summed E-state index contributed by atoms with van der Waals surface area (Å²) >= 11 is 1.75. The van der Waals surface area contributed by atoms with E-state index >= 15 is 0 Å². The maximum Gasteiger partial charge on any atom is 0.264 e. The molecule has 1 aromatic carbocycles. The van der Waals surface area contributed by atoms with Crippen molar-refractivity contribution in [2.75, 3.05) is 23.1 Å². The van der Waals surface area contributed by atoms with Gasteiger partial charge in [-0.1, -0.05) is 12.1 Å². The number of para-hydroxylation sites is 1. The molecule has 0 fully saturated rings. The van der Waals surface area contributed by atoms with Gasteiger partial charge in [0.15, 0.2) is 0 Å². The summed E-state index contributed by atoms with van der Waals surface area (Å²) in [7, 11) is -3.83. The van der Waals surface area contributed by atoms with Crippen LogP contribution in [0.4, 0.5) is 5.69 Å². The molecule has 4 nitrogen and oxygen atoms in total. The molecule has 0 saturated carbocycles. The molecular formula is C10H13NO3S2. The van der Waals surface area contributed by atoms with E-state index in [2.05, 4.69) is 11.0 Å². The quantitative estimate of drug-likeness (QED) is 0.836. The van der Waals surface area contributed by atoms with Gasteiger partial charge in [0.25, 0.3) is 10.1 Å². The molecule has 0 amide bonds. The van der Waals surface area contributed by atoms with E-state index in [9.17, 15) is 8.42 Å². The first-order valence-corrected chi connectivity index (χ1v) is 7.58. The van der Waals surface area contributed by atoms with Gasteiger partial charge < -0.3 is 4.90 Å². The van der Waals surface area contributed by atoms with Crippen LogP contribution >= 0.6 is 11.8 Å². The monoisotopic (exact) mass is 259 g/mol. The third-order valence-electron chi connectivity index (χ3n) is 2.41. The standard InChI is InChI=1S/C10H13NO3S2/c12-16(13,14)7-3-6-11-8-15-10-5-2-1-4-9(10)11/h1-2,4-5H,3,6-8H2,(H,12,13,14). The molecule has 16 heavy (non-hydrogen) atoms. The van der Waals surface area contributed by atoms with E-state index in [-0.39, 0.29) is 5.75 Å². The van der Waals surface area contributed by atoms with Crippen LogP contribution < -0.4 is 4.90 Å². The molecule has 0 atom stereocenters. The molecule has 1 aromatic rings. The van der Waals surface area contributed by atoms with Crippen molar-refractivity contribution in [3.63, 3.8) is 0 Å². The second kappa shape index (κ2) is 4.65. The van der Waals surface area contributed by atoms with Crippen LogP contribution in [-0.2, 0) is 10.1 Å². The number of rotatable bonds is 4. The van der Waals surface area contributed by atoms with E-state index in [0.717, 1.165) is 11.6 Å². The van der Waals surface area contributed by atoms with E-state index in [1.54, 1.807) is 11.8 Å². The van der Waals surface area contributed by atoms with E-state index in [4.69, 9.17) is 4.55 Å².